The molecule has 0 aliphatic carbocycles. The zero-order valence-corrected chi connectivity index (χ0v) is 8.98. The number of carbonyl (C=O) groups excluding carboxylic acids is 2. The van der Waals surface area contributed by atoms with Crippen molar-refractivity contribution in [1.82, 2.24) is 9.97 Å². The average molecular weight is 224 g/mol. The quantitative estimate of drug-likeness (QED) is 0.710. The first-order chi connectivity index (χ1) is 7.56. The lowest BCUT2D eigenvalue weighted by Gasteiger charge is -2.09. The van der Waals surface area contributed by atoms with Gasteiger partial charge in [-0.05, 0) is 6.92 Å². The number of hydrogen-bond donors (Lipinski definition) is 2. The van der Waals surface area contributed by atoms with Gasteiger partial charge in [0.2, 0.25) is 5.91 Å². The molecule has 0 aliphatic rings. The van der Waals surface area contributed by atoms with Gasteiger partial charge in [-0.3, -0.25) is 4.79 Å². The van der Waals surface area contributed by atoms with E-state index in [-0.39, 0.29) is 29.7 Å². The molecule has 1 heterocycles. The molecule has 0 unspecified atom stereocenters. The average Bonchev–Trinajstić information content (AvgIpc) is 2.16. The van der Waals surface area contributed by atoms with E-state index in [4.69, 9.17) is 10.5 Å². The van der Waals surface area contributed by atoms with Crippen molar-refractivity contribution in [3.63, 3.8) is 0 Å². The zero-order valence-electron chi connectivity index (χ0n) is 8.98. The summed E-state index contributed by atoms with van der Waals surface area (Å²) in [5.41, 5.74) is 5.50. The first-order valence-corrected chi connectivity index (χ1v) is 4.61. The molecule has 0 aromatic carbocycles. The van der Waals surface area contributed by atoms with Crippen LogP contribution in [0.15, 0.2) is 6.33 Å². The van der Waals surface area contributed by atoms with Gasteiger partial charge in [0.25, 0.3) is 0 Å². The summed E-state index contributed by atoms with van der Waals surface area (Å²) in [6.07, 6.45) is 1.16. The Morgan fingerprint density at radius 3 is 2.75 bits per heavy atom. The summed E-state index contributed by atoms with van der Waals surface area (Å²) < 4.78 is 4.78. The Morgan fingerprint density at radius 1 is 1.50 bits per heavy atom. The van der Waals surface area contributed by atoms with Crippen LogP contribution in [-0.4, -0.2) is 28.5 Å². The van der Waals surface area contributed by atoms with Crippen LogP contribution in [0.4, 0.5) is 11.6 Å². The Kier molecular flexibility index (Phi) is 3.76. The van der Waals surface area contributed by atoms with Crippen molar-refractivity contribution < 1.29 is 14.3 Å². The number of nitrogens with zero attached hydrogens (tertiary/aromatic N) is 2. The van der Waals surface area contributed by atoms with E-state index in [9.17, 15) is 9.59 Å². The molecule has 0 spiro atoms. The summed E-state index contributed by atoms with van der Waals surface area (Å²) in [5.74, 6) is -0.997. The van der Waals surface area contributed by atoms with Crippen molar-refractivity contribution in [3.05, 3.63) is 11.9 Å². The Hall–Kier alpha value is -2.18. The molecule has 7 nitrogen and oxygen atoms in total. The molecule has 0 atom stereocenters. The second kappa shape index (κ2) is 5.06. The molecule has 0 saturated heterocycles. The molecule has 7 heteroatoms. The fraction of sp³-hybridized carbons (Fsp3) is 0.333. The number of aromatic nitrogens is 2. The second-order valence-corrected chi connectivity index (χ2v) is 2.88. The minimum absolute atomic E-state index is 0.0282. The molecule has 16 heavy (non-hydrogen) atoms. The van der Waals surface area contributed by atoms with Crippen LogP contribution in [0.1, 0.15) is 24.2 Å². The molecule has 0 saturated carbocycles. The van der Waals surface area contributed by atoms with Gasteiger partial charge in [-0.25, -0.2) is 14.8 Å². The highest BCUT2D eigenvalue weighted by molar-refractivity contribution is 6.02. The fourth-order valence-corrected chi connectivity index (χ4v) is 1.07. The van der Waals surface area contributed by atoms with Crippen molar-refractivity contribution in [2.75, 3.05) is 17.7 Å². The summed E-state index contributed by atoms with van der Waals surface area (Å²) in [6, 6.07) is 0. The highest BCUT2D eigenvalue weighted by Gasteiger charge is 2.19. The third-order valence-corrected chi connectivity index (χ3v) is 1.65. The predicted molar refractivity (Wildman–Crippen MR) is 56.7 cm³/mol. The van der Waals surface area contributed by atoms with Crippen LogP contribution < -0.4 is 11.1 Å². The maximum Gasteiger partial charge on any atom is 0.345 e. The van der Waals surface area contributed by atoms with Crippen molar-refractivity contribution in [2.24, 2.45) is 0 Å². The highest BCUT2D eigenvalue weighted by Crippen LogP contribution is 2.18. The molecule has 1 rings (SSSR count). The Morgan fingerprint density at radius 2 is 2.19 bits per heavy atom. The molecule has 3 N–H and O–H groups in total. The first kappa shape index (κ1) is 11.9. The lowest BCUT2D eigenvalue weighted by Crippen LogP contribution is -2.17. The molecular weight excluding hydrogens is 212 g/mol. The van der Waals surface area contributed by atoms with Crippen LogP contribution in [0.25, 0.3) is 0 Å². The van der Waals surface area contributed by atoms with Crippen LogP contribution in [0, 0.1) is 0 Å². The van der Waals surface area contributed by atoms with Gasteiger partial charge in [-0.1, -0.05) is 0 Å². The third kappa shape index (κ3) is 2.66. The summed E-state index contributed by atoms with van der Waals surface area (Å²) >= 11 is 0. The number of nitrogens with one attached hydrogen (secondary N) is 1. The summed E-state index contributed by atoms with van der Waals surface area (Å²) in [4.78, 5) is 29.9. The Bertz CT molecular complexity index is 419. The number of esters is 1. The van der Waals surface area contributed by atoms with Crippen LogP contribution in [-0.2, 0) is 9.53 Å². The maximum atomic E-state index is 11.5. The molecular formula is C9H12N4O3. The minimum atomic E-state index is -0.663. The number of ether oxygens (including phenoxy) is 1. The van der Waals surface area contributed by atoms with E-state index >= 15 is 0 Å². The fourth-order valence-electron chi connectivity index (χ4n) is 1.07. The topological polar surface area (TPSA) is 107 Å². The van der Waals surface area contributed by atoms with Gasteiger partial charge in [0.05, 0.1) is 6.61 Å². The monoisotopic (exact) mass is 224 g/mol. The summed E-state index contributed by atoms with van der Waals surface area (Å²) in [7, 11) is 0. The van der Waals surface area contributed by atoms with Gasteiger partial charge in [-0.2, -0.15) is 0 Å². The zero-order chi connectivity index (χ0) is 12.1. The molecule has 0 aliphatic heterocycles. The number of nitrogens with two attached hydrogens (primary N) is 1. The van der Waals surface area contributed by atoms with Gasteiger partial charge < -0.3 is 15.8 Å². The number of nitrogen functional groups attached to an aromatic ring is 1. The van der Waals surface area contributed by atoms with Crippen molar-refractivity contribution in [3.8, 4) is 0 Å². The molecule has 0 radical (unpaired) electrons. The number of hydrogen-bond acceptors (Lipinski definition) is 6. The Labute approximate surface area is 92.0 Å². The minimum Gasteiger partial charge on any atom is -0.462 e. The van der Waals surface area contributed by atoms with Crippen LogP contribution in [0.3, 0.4) is 0 Å². The van der Waals surface area contributed by atoms with Gasteiger partial charge in [-0.15, -0.1) is 0 Å². The second-order valence-electron chi connectivity index (χ2n) is 2.88. The van der Waals surface area contributed by atoms with Crippen LogP contribution >= 0.6 is 0 Å². The predicted octanol–water partition coefficient (Wildman–Crippen LogP) is 0.194. The Balaban J connectivity index is 3.12. The maximum absolute atomic E-state index is 11.5. The first-order valence-electron chi connectivity index (χ1n) is 4.61. The molecule has 0 bridgehead atoms. The van der Waals surface area contributed by atoms with Crippen molar-refractivity contribution >= 4 is 23.5 Å². The van der Waals surface area contributed by atoms with Gasteiger partial charge in [0, 0.05) is 6.92 Å². The van der Waals surface area contributed by atoms with E-state index in [2.05, 4.69) is 15.3 Å². The summed E-state index contributed by atoms with van der Waals surface area (Å²) in [5, 5.41) is 2.38. The highest BCUT2D eigenvalue weighted by atomic mass is 16.5. The third-order valence-electron chi connectivity index (χ3n) is 1.65. The standard InChI is InChI=1S/C9H12N4O3/c1-3-16-9(15)6-7(10)11-4-12-8(6)13-5(2)14/h4H,3H2,1-2H3,(H3,10,11,12,13,14). The van der Waals surface area contributed by atoms with E-state index in [1.54, 1.807) is 6.92 Å². The number of anilines is 2. The number of rotatable bonds is 3. The van der Waals surface area contributed by atoms with E-state index < -0.39 is 5.97 Å². The van der Waals surface area contributed by atoms with Gasteiger partial charge in [0.1, 0.15) is 17.7 Å². The smallest absolute Gasteiger partial charge is 0.345 e. The molecule has 1 aromatic rings. The van der Waals surface area contributed by atoms with Crippen molar-refractivity contribution in [1.29, 1.82) is 0 Å². The van der Waals surface area contributed by atoms with E-state index in [0.717, 1.165) is 6.33 Å². The molecule has 1 amide bonds. The largest absolute Gasteiger partial charge is 0.462 e. The number of amides is 1. The molecule has 0 fully saturated rings. The lowest BCUT2D eigenvalue weighted by molar-refractivity contribution is -0.114. The SMILES string of the molecule is CCOC(=O)c1c(N)ncnc1NC(C)=O. The van der Waals surface area contributed by atoms with Crippen LogP contribution in [0.5, 0.6) is 0 Å². The van der Waals surface area contributed by atoms with Crippen molar-refractivity contribution in [2.45, 2.75) is 13.8 Å². The van der Waals surface area contributed by atoms with Gasteiger partial charge >= 0.3 is 5.97 Å². The lowest BCUT2D eigenvalue weighted by atomic mass is 10.2. The van der Waals surface area contributed by atoms with Gasteiger partial charge in [0.15, 0.2) is 5.82 Å². The number of carbonyl (C=O) groups is 2. The van der Waals surface area contributed by atoms with E-state index in [0.29, 0.717) is 0 Å². The summed E-state index contributed by atoms with van der Waals surface area (Å²) in [6.45, 7) is 3.16. The molecule has 1 aromatic heterocycles. The normalized spacial score (nSPS) is 9.62. The van der Waals surface area contributed by atoms with E-state index in [1.807, 2.05) is 0 Å². The molecule has 86 valence electrons. The van der Waals surface area contributed by atoms with E-state index in [1.165, 1.54) is 6.92 Å². The van der Waals surface area contributed by atoms with Crippen LogP contribution in [0.2, 0.25) is 0 Å².